The molecule has 0 nitrogen and oxygen atoms in total. The maximum Gasteiger partial charge on any atom is 0.0197 e. The maximum absolute atomic E-state index is 4.28. The van der Waals surface area contributed by atoms with Gasteiger partial charge in [-0.25, -0.2) is 0 Å². The van der Waals surface area contributed by atoms with Crippen molar-refractivity contribution in [3.63, 3.8) is 0 Å². The van der Waals surface area contributed by atoms with Crippen LogP contribution in [0.25, 0.3) is 5.57 Å². The van der Waals surface area contributed by atoms with Gasteiger partial charge in [-0.3, -0.25) is 0 Å². The second-order valence-corrected chi connectivity index (χ2v) is 5.47. The third-order valence-corrected chi connectivity index (χ3v) is 4.53. The number of fused-ring (bicyclic) bond motifs is 2. The lowest BCUT2D eigenvalue weighted by atomic mass is 9.89. The molecule has 0 fully saturated rings. The van der Waals surface area contributed by atoms with Gasteiger partial charge in [0.2, 0.25) is 0 Å². The van der Waals surface area contributed by atoms with E-state index in [2.05, 4.69) is 62.0 Å². The topological polar surface area (TPSA) is 0 Å². The van der Waals surface area contributed by atoms with Crippen LogP contribution in [-0.4, -0.2) is 0 Å². The van der Waals surface area contributed by atoms with Gasteiger partial charge in [0.05, 0.1) is 0 Å². The molecule has 2 aromatic carbocycles. The molecule has 0 radical (unpaired) electrons. The number of hydrogen-bond donors (Lipinski definition) is 0. The first kappa shape index (κ1) is 10.7. The molecule has 1 atom stereocenters. The zero-order valence-electron chi connectivity index (χ0n) is 9.81. The van der Waals surface area contributed by atoms with Crippen molar-refractivity contribution in [1.29, 1.82) is 0 Å². The summed E-state index contributed by atoms with van der Waals surface area (Å²) in [6, 6.07) is 17.2. The molecule has 1 heterocycles. The van der Waals surface area contributed by atoms with Crippen LogP contribution in [0.4, 0.5) is 0 Å². The number of allylic oxidation sites excluding steroid dienone is 1. The number of hydrogen-bond acceptors (Lipinski definition) is 1. The van der Waals surface area contributed by atoms with Crippen molar-refractivity contribution in [3.05, 3.63) is 66.2 Å². The Morgan fingerprint density at radius 2 is 1.59 bits per heavy atom. The van der Waals surface area contributed by atoms with Crippen LogP contribution in [-0.2, 0) is 0 Å². The zero-order valence-corrected chi connectivity index (χ0v) is 10.6. The quantitative estimate of drug-likeness (QED) is 0.624. The third kappa shape index (κ3) is 1.71. The van der Waals surface area contributed by atoms with Gasteiger partial charge in [-0.1, -0.05) is 61.7 Å². The van der Waals surface area contributed by atoms with E-state index in [1.54, 1.807) is 0 Å². The molecule has 1 heteroatoms. The fraction of sp³-hybridized carbons (Fsp3) is 0.125. The summed E-state index contributed by atoms with van der Waals surface area (Å²) in [5.74, 6) is 0.391. The summed E-state index contributed by atoms with van der Waals surface area (Å²) in [7, 11) is 0. The van der Waals surface area contributed by atoms with E-state index in [0.717, 1.165) is 0 Å². The van der Waals surface area contributed by atoms with E-state index in [4.69, 9.17) is 0 Å². The Bertz CT molecular complexity index is 584. The Morgan fingerprint density at radius 3 is 2.41 bits per heavy atom. The minimum Gasteiger partial charge on any atom is -0.0946 e. The molecule has 1 aliphatic rings. The Kier molecular flexibility index (Phi) is 2.56. The van der Waals surface area contributed by atoms with Crippen molar-refractivity contribution >= 4 is 17.3 Å². The molecule has 0 saturated carbocycles. The molecule has 3 rings (SSSR count). The molecule has 1 unspecified atom stereocenters. The van der Waals surface area contributed by atoms with Crippen LogP contribution < -0.4 is 0 Å². The molecule has 0 amide bonds. The van der Waals surface area contributed by atoms with Gasteiger partial charge in [-0.05, 0) is 28.8 Å². The van der Waals surface area contributed by atoms with Crippen molar-refractivity contribution in [3.8, 4) is 0 Å². The molecule has 0 bridgehead atoms. The summed E-state index contributed by atoms with van der Waals surface area (Å²) in [4.78, 5) is 2.67. The fourth-order valence-corrected chi connectivity index (χ4v) is 3.49. The predicted octanol–water partition coefficient (Wildman–Crippen LogP) is 4.97. The second kappa shape index (κ2) is 4.08. The van der Waals surface area contributed by atoms with E-state index in [1.807, 2.05) is 11.8 Å². The molecule has 0 aliphatic carbocycles. The molecule has 2 aromatic rings. The normalized spacial score (nSPS) is 18.2. The van der Waals surface area contributed by atoms with Gasteiger partial charge < -0.3 is 0 Å². The average molecular weight is 238 g/mol. The van der Waals surface area contributed by atoms with Gasteiger partial charge in [-0.2, -0.15) is 0 Å². The molecule has 17 heavy (non-hydrogen) atoms. The van der Waals surface area contributed by atoms with Crippen molar-refractivity contribution in [2.45, 2.75) is 22.6 Å². The lowest BCUT2D eigenvalue weighted by Gasteiger charge is -2.14. The lowest BCUT2D eigenvalue weighted by Crippen LogP contribution is -1.95. The standard InChI is InChI=1S/C16H14S/c1-11-12(2)14-8-4-6-10-16(14)17-15-9-5-3-7-13(11)15/h3-10,12H,1H2,2H3. The van der Waals surface area contributed by atoms with E-state index in [9.17, 15) is 0 Å². The van der Waals surface area contributed by atoms with Crippen LogP contribution in [0.1, 0.15) is 24.0 Å². The maximum atomic E-state index is 4.28. The van der Waals surface area contributed by atoms with E-state index in [-0.39, 0.29) is 0 Å². The third-order valence-electron chi connectivity index (χ3n) is 3.36. The first-order valence-corrected chi connectivity index (χ1v) is 6.64. The van der Waals surface area contributed by atoms with Gasteiger partial charge in [0.25, 0.3) is 0 Å². The Balaban J connectivity index is 2.24. The van der Waals surface area contributed by atoms with Gasteiger partial charge in [0, 0.05) is 15.7 Å². The molecule has 0 aromatic heterocycles. The summed E-state index contributed by atoms with van der Waals surface area (Å²) in [5.41, 5.74) is 3.90. The Hall–Kier alpha value is -1.47. The van der Waals surface area contributed by atoms with Gasteiger partial charge in [0.1, 0.15) is 0 Å². The summed E-state index contributed by atoms with van der Waals surface area (Å²) in [6.45, 7) is 6.52. The molecule has 84 valence electrons. The van der Waals surface area contributed by atoms with Crippen LogP contribution >= 0.6 is 11.8 Å². The predicted molar refractivity (Wildman–Crippen MR) is 74.5 cm³/mol. The van der Waals surface area contributed by atoms with E-state index in [1.165, 1.54) is 26.5 Å². The second-order valence-electron chi connectivity index (χ2n) is 4.38. The largest absolute Gasteiger partial charge is 0.0946 e. The smallest absolute Gasteiger partial charge is 0.0197 e. The monoisotopic (exact) mass is 238 g/mol. The summed E-state index contributed by atoms with van der Waals surface area (Å²) >= 11 is 1.85. The lowest BCUT2D eigenvalue weighted by molar-refractivity contribution is 0.959. The first-order chi connectivity index (χ1) is 8.27. The summed E-state index contributed by atoms with van der Waals surface area (Å²) < 4.78 is 0. The van der Waals surface area contributed by atoms with Crippen LogP contribution in [0.2, 0.25) is 0 Å². The van der Waals surface area contributed by atoms with E-state index < -0.39 is 0 Å². The van der Waals surface area contributed by atoms with Gasteiger partial charge in [0.15, 0.2) is 0 Å². The van der Waals surface area contributed by atoms with Gasteiger partial charge in [-0.15, -0.1) is 0 Å². The van der Waals surface area contributed by atoms with E-state index in [0.29, 0.717) is 5.92 Å². The van der Waals surface area contributed by atoms with Crippen LogP contribution in [0.5, 0.6) is 0 Å². The SMILES string of the molecule is C=C1c2ccccc2Sc2ccccc2C1C. The highest BCUT2D eigenvalue weighted by Crippen LogP contribution is 2.45. The minimum absolute atomic E-state index is 0.391. The zero-order chi connectivity index (χ0) is 11.8. The minimum atomic E-state index is 0.391. The van der Waals surface area contributed by atoms with Crippen molar-refractivity contribution in [2.75, 3.05) is 0 Å². The highest BCUT2D eigenvalue weighted by molar-refractivity contribution is 7.99. The number of rotatable bonds is 0. The molecular weight excluding hydrogens is 224 g/mol. The molecular formula is C16H14S. The average Bonchev–Trinajstić information content (AvgIpc) is 2.48. The molecule has 0 spiro atoms. The highest BCUT2D eigenvalue weighted by Gasteiger charge is 2.21. The van der Waals surface area contributed by atoms with Crippen molar-refractivity contribution in [1.82, 2.24) is 0 Å². The fourth-order valence-electron chi connectivity index (χ4n) is 2.29. The van der Waals surface area contributed by atoms with Crippen LogP contribution in [0.15, 0.2) is 64.9 Å². The highest BCUT2D eigenvalue weighted by atomic mass is 32.2. The van der Waals surface area contributed by atoms with Gasteiger partial charge >= 0.3 is 0 Å². The number of benzene rings is 2. The van der Waals surface area contributed by atoms with Crippen LogP contribution in [0.3, 0.4) is 0 Å². The van der Waals surface area contributed by atoms with E-state index >= 15 is 0 Å². The Morgan fingerprint density at radius 1 is 0.941 bits per heavy atom. The van der Waals surface area contributed by atoms with Crippen molar-refractivity contribution < 1.29 is 0 Å². The molecule has 0 saturated heterocycles. The molecule has 0 N–H and O–H groups in total. The van der Waals surface area contributed by atoms with Crippen LogP contribution in [0, 0.1) is 0 Å². The molecule has 1 aliphatic heterocycles. The summed E-state index contributed by atoms with van der Waals surface area (Å²) in [6.07, 6.45) is 0. The Labute approximate surface area is 106 Å². The first-order valence-electron chi connectivity index (χ1n) is 5.82. The summed E-state index contributed by atoms with van der Waals surface area (Å²) in [5, 5.41) is 0. The van der Waals surface area contributed by atoms with Crippen molar-refractivity contribution in [2.24, 2.45) is 0 Å².